The Hall–Kier alpha value is 4.51. The molecule has 0 saturated heterocycles. The number of hydrogen-bond acceptors (Lipinski definition) is 16. The van der Waals surface area contributed by atoms with Crippen molar-refractivity contribution < 1.29 is 243 Å². The largest absolute Gasteiger partial charge is 4.00 e. The Morgan fingerprint density at radius 3 is 0.304 bits per heavy atom. The van der Waals surface area contributed by atoms with Crippen LogP contribution in [0.2, 0.25) is 0 Å². The second kappa shape index (κ2) is 21.2. The van der Waals surface area contributed by atoms with Crippen molar-refractivity contribution in [3.8, 4) is 0 Å². The van der Waals surface area contributed by atoms with Gasteiger partial charge in [0.25, 0.3) is 0 Å². The van der Waals surface area contributed by atoms with Crippen molar-refractivity contribution in [2.75, 3.05) is 0 Å². The summed E-state index contributed by atoms with van der Waals surface area (Å²) in [5, 5.41) is 0. The minimum Gasteiger partial charge on any atom is -1.00 e. The molecule has 0 saturated carbocycles. The molecule has 0 N–H and O–H groups in total. The van der Waals surface area contributed by atoms with Gasteiger partial charge in [0.15, 0.2) is 0 Å². The molecule has 0 spiro atoms. The van der Waals surface area contributed by atoms with E-state index in [1.807, 2.05) is 0 Å². The van der Waals surface area contributed by atoms with Crippen LogP contribution in [0.3, 0.4) is 0 Å². The summed E-state index contributed by atoms with van der Waals surface area (Å²) >= 11 is 0. The Labute approximate surface area is 238 Å². The summed E-state index contributed by atoms with van der Waals surface area (Å²) in [5.41, 5.74) is 0. The Bertz CT molecular complexity index is 150. The maximum absolute atomic E-state index is 8.49. The van der Waals surface area contributed by atoms with E-state index in [0.29, 0.717) is 0 Å². The Balaban J connectivity index is -0.0000000183. The summed E-state index contributed by atoms with van der Waals surface area (Å²) in [6.07, 6.45) is 0. The second-order valence-corrected chi connectivity index (χ2v) is 4.54. The van der Waals surface area contributed by atoms with Gasteiger partial charge in [-0.3, -0.25) is 0 Å². The van der Waals surface area contributed by atoms with Crippen LogP contribution in [0.5, 0.6) is 0 Å². The molecule has 0 aromatic carbocycles. The quantitative estimate of drug-likeness (QED) is 0.264. The van der Waals surface area contributed by atoms with Crippen molar-refractivity contribution in [3.63, 3.8) is 0 Å². The van der Waals surface area contributed by atoms with Gasteiger partial charge in [-0.15, -0.1) is 41.0 Å². The van der Waals surface area contributed by atoms with Crippen LogP contribution >= 0.6 is 0 Å². The molecule has 0 atom stereocenters. The van der Waals surface area contributed by atoms with Crippen LogP contribution in [0.25, 0.3) is 0 Å². The molecule has 0 rings (SSSR count). The molecule has 0 amide bonds. The summed E-state index contributed by atoms with van der Waals surface area (Å²) in [5.74, 6) is 0. The van der Waals surface area contributed by atoms with Gasteiger partial charge in [0, 0.05) is 0 Å². The van der Waals surface area contributed by atoms with E-state index in [0.717, 1.165) is 0 Å². The standard InChI is InChI=1S/4ClHO4.2K.Ti.2H/c4*2-1(3,4)5;;;;;/h4*(H,2,3,4,5);;;;;/q;;;;2*+1;+4;2*-1/p-4. The van der Waals surface area contributed by atoms with Crippen molar-refractivity contribution in [2.24, 2.45) is 0 Å². The number of rotatable bonds is 0. The molecule has 23 heteroatoms. The van der Waals surface area contributed by atoms with E-state index in [1.165, 1.54) is 0 Å². The van der Waals surface area contributed by atoms with E-state index in [2.05, 4.69) is 0 Å². The fraction of sp³-hybridized carbons (Fsp3) is 0. The van der Waals surface area contributed by atoms with Crippen LogP contribution in [0.4, 0.5) is 0 Å². The molecule has 0 unspecified atom stereocenters. The fourth-order valence-electron chi connectivity index (χ4n) is 0. The van der Waals surface area contributed by atoms with Crippen LogP contribution in [-0.4, -0.2) is 0 Å². The van der Waals surface area contributed by atoms with Crippen molar-refractivity contribution >= 4 is 0 Å². The molecular weight excluding hydrogens is 524 g/mol. The molecule has 0 bridgehead atoms. The third kappa shape index (κ3) is 784. The summed E-state index contributed by atoms with van der Waals surface area (Å²) in [7, 11) is -19.8. The molecule has 23 heavy (non-hydrogen) atoms. The van der Waals surface area contributed by atoms with Gasteiger partial charge >= 0.3 is 124 Å². The molecule has 0 aromatic rings. The van der Waals surface area contributed by atoms with Gasteiger partial charge in [0.2, 0.25) is 0 Å². The minimum absolute atomic E-state index is 0. The van der Waals surface area contributed by atoms with Crippen molar-refractivity contribution in [2.45, 2.75) is 0 Å². The molecule has 0 aliphatic heterocycles. The maximum Gasteiger partial charge on any atom is 4.00 e. The summed E-state index contributed by atoms with van der Waals surface area (Å²) < 4.78 is 136. The van der Waals surface area contributed by atoms with E-state index in [1.54, 1.807) is 0 Å². The number of hydrogen-bond donors (Lipinski definition) is 0. The SMILES string of the molecule is [H-].[H-].[K+].[K+].[O-][Cl+3]([O-])([O-])[O-].[O-][Cl+3]([O-])([O-])[O-].[O-][Cl+3]([O-])([O-])[O-].[O-][Cl+3]([O-])([O-])[O-].[Ti+4]. The first-order chi connectivity index (χ1) is 8.00. The van der Waals surface area contributed by atoms with Gasteiger partial charge in [-0.05, 0) is 0 Å². The van der Waals surface area contributed by atoms with Crippen LogP contribution in [0, 0.1) is 41.0 Å². The third-order valence-corrected chi connectivity index (χ3v) is 0. The second-order valence-electron chi connectivity index (χ2n) is 1.51. The topological polar surface area (TPSA) is 369 Å². The van der Waals surface area contributed by atoms with Gasteiger partial charge in [-0.2, -0.15) is 0 Å². The fourth-order valence-corrected chi connectivity index (χ4v) is 0. The smallest absolute Gasteiger partial charge is 1.00 e. The summed E-state index contributed by atoms with van der Waals surface area (Å²) in [4.78, 5) is 0. The van der Waals surface area contributed by atoms with Crippen molar-refractivity contribution in [1.82, 2.24) is 0 Å². The monoisotopic (exact) mass is 524 g/mol. The molecule has 0 aliphatic carbocycles. The zero-order valence-electron chi connectivity index (χ0n) is 12.5. The summed E-state index contributed by atoms with van der Waals surface area (Å²) in [6.45, 7) is 0. The number of halogens is 4. The Morgan fingerprint density at radius 2 is 0.304 bits per heavy atom. The average molecular weight is 526 g/mol. The molecule has 0 aromatic heterocycles. The van der Waals surface area contributed by atoms with E-state index in [4.69, 9.17) is 74.5 Å². The van der Waals surface area contributed by atoms with Crippen molar-refractivity contribution in [3.05, 3.63) is 0 Å². The summed E-state index contributed by atoms with van der Waals surface area (Å²) in [6, 6.07) is 0. The Kier molecular flexibility index (Phi) is 42.4. The first-order valence-corrected chi connectivity index (χ1v) is 7.41. The zero-order valence-corrected chi connectivity index (χ0v) is 21.4. The van der Waals surface area contributed by atoms with E-state index >= 15 is 0 Å². The maximum atomic E-state index is 8.49. The average Bonchev–Trinajstić information content (AvgIpc) is 1.62. The third-order valence-electron chi connectivity index (χ3n) is 0. The van der Waals surface area contributed by atoms with Gasteiger partial charge in [-0.25, -0.2) is 74.5 Å². The predicted molar refractivity (Wildman–Crippen MR) is 2.22 cm³/mol. The minimum atomic E-state index is -4.94. The van der Waals surface area contributed by atoms with Gasteiger partial charge < -0.3 is 2.85 Å². The zero-order chi connectivity index (χ0) is 18.0. The first-order valence-electron chi connectivity index (χ1n) is 2.47. The molecule has 0 radical (unpaired) electrons. The van der Waals surface area contributed by atoms with Crippen molar-refractivity contribution in [1.29, 1.82) is 0 Å². The molecule has 132 valence electrons. The molecule has 0 fully saturated rings. The molecule has 16 nitrogen and oxygen atoms in total. The van der Waals surface area contributed by atoms with Crippen LogP contribution in [0.15, 0.2) is 0 Å². The normalized spacial score (nSPS) is 10.4. The Morgan fingerprint density at radius 1 is 0.304 bits per heavy atom. The van der Waals surface area contributed by atoms with Gasteiger partial charge in [0.05, 0.1) is 0 Å². The van der Waals surface area contributed by atoms with E-state index in [9.17, 15) is 0 Å². The molecule has 0 heterocycles. The van der Waals surface area contributed by atoms with Crippen LogP contribution in [0.1, 0.15) is 2.85 Å². The predicted octanol–water partition coefficient (Wildman–Crippen LogP) is -24.8. The van der Waals surface area contributed by atoms with E-state index in [-0.39, 0.29) is 127 Å². The van der Waals surface area contributed by atoms with Crippen LogP contribution in [-0.2, 0) is 21.7 Å². The van der Waals surface area contributed by atoms with Gasteiger partial charge in [0.1, 0.15) is 0 Å². The van der Waals surface area contributed by atoms with Gasteiger partial charge in [-0.1, -0.05) is 0 Å². The van der Waals surface area contributed by atoms with E-state index < -0.39 is 41.0 Å². The first kappa shape index (κ1) is 46.0. The van der Waals surface area contributed by atoms with Crippen LogP contribution < -0.4 is 177 Å². The molecular formula is H2Cl4K2O16Ti. The molecule has 0 aliphatic rings.